The molecule has 1 aliphatic rings. The number of hydrogen-bond donors (Lipinski definition) is 1. The number of nitrogens with zero attached hydrogens (tertiary/aromatic N) is 2. The van der Waals surface area contributed by atoms with E-state index in [2.05, 4.69) is 22.4 Å². The van der Waals surface area contributed by atoms with Crippen molar-refractivity contribution >= 4 is 17.2 Å². The minimum absolute atomic E-state index is 0.0637. The van der Waals surface area contributed by atoms with Gasteiger partial charge in [0, 0.05) is 43.5 Å². The van der Waals surface area contributed by atoms with Crippen molar-refractivity contribution < 1.29 is 4.79 Å². The molecule has 1 atom stereocenters. The van der Waals surface area contributed by atoms with Crippen molar-refractivity contribution in [1.82, 2.24) is 9.80 Å². The predicted octanol–water partition coefficient (Wildman–Crippen LogP) is 1.38. The van der Waals surface area contributed by atoms with Gasteiger partial charge in [-0.1, -0.05) is 13.0 Å². The smallest absolute Gasteiger partial charge is 0.225 e. The third kappa shape index (κ3) is 4.03. The Morgan fingerprint density at radius 1 is 1.42 bits per heavy atom. The minimum Gasteiger partial charge on any atom is -0.340 e. The first-order valence-electron chi connectivity index (χ1n) is 6.94. The molecule has 19 heavy (non-hydrogen) atoms. The van der Waals surface area contributed by atoms with E-state index < -0.39 is 0 Å². The average Bonchev–Trinajstić information content (AvgIpc) is 2.92. The molecule has 1 unspecified atom stereocenters. The van der Waals surface area contributed by atoms with Gasteiger partial charge >= 0.3 is 0 Å². The van der Waals surface area contributed by atoms with E-state index in [9.17, 15) is 4.79 Å². The summed E-state index contributed by atoms with van der Waals surface area (Å²) in [7, 11) is 0. The molecule has 1 fully saturated rings. The lowest BCUT2D eigenvalue weighted by atomic mass is 10.1. The molecule has 4 nitrogen and oxygen atoms in total. The quantitative estimate of drug-likeness (QED) is 0.887. The zero-order chi connectivity index (χ0) is 13.7. The van der Waals surface area contributed by atoms with Crippen LogP contribution < -0.4 is 5.73 Å². The Hall–Kier alpha value is -0.910. The molecule has 0 spiro atoms. The fourth-order valence-electron chi connectivity index (χ4n) is 2.43. The lowest BCUT2D eigenvalue weighted by Crippen LogP contribution is -2.49. The molecule has 106 valence electrons. The van der Waals surface area contributed by atoms with Crippen molar-refractivity contribution in [3.63, 3.8) is 0 Å². The minimum atomic E-state index is 0.0637. The van der Waals surface area contributed by atoms with Gasteiger partial charge in [0.25, 0.3) is 0 Å². The molecule has 0 aromatic carbocycles. The summed E-state index contributed by atoms with van der Waals surface area (Å²) in [6.07, 6.45) is 0.786. The number of hydrogen-bond acceptors (Lipinski definition) is 4. The normalized spacial score (nSPS) is 18.5. The number of thiophene rings is 1. The van der Waals surface area contributed by atoms with E-state index in [-0.39, 0.29) is 11.8 Å². The summed E-state index contributed by atoms with van der Waals surface area (Å²) in [5.41, 5.74) is 5.52. The van der Waals surface area contributed by atoms with E-state index in [1.54, 1.807) is 11.3 Å². The number of amides is 1. The number of carbonyl (C=O) groups is 1. The first-order valence-corrected chi connectivity index (χ1v) is 7.82. The molecule has 2 rings (SSSR count). The van der Waals surface area contributed by atoms with Crippen LogP contribution in [0.1, 0.15) is 18.2 Å². The first kappa shape index (κ1) is 14.5. The topological polar surface area (TPSA) is 49.6 Å². The number of nitrogens with two attached hydrogens (primary N) is 1. The van der Waals surface area contributed by atoms with E-state index >= 15 is 0 Å². The van der Waals surface area contributed by atoms with Crippen LogP contribution in [0.15, 0.2) is 17.5 Å². The molecule has 1 amide bonds. The molecule has 1 aromatic rings. The van der Waals surface area contributed by atoms with Crippen molar-refractivity contribution in [2.75, 3.05) is 32.7 Å². The number of piperazine rings is 1. The summed E-state index contributed by atoms with van der Waals surface area (Å²) < 4.78 is 0. The van der Waals surface area contributed by atoms with Crippen molar-refractivity contribution in [2.24, 2.45) is 11.7 Å². The first-order chi connectivity index (χ1) is 9.20. The fraction of sp³-hybridized carbons (Fsp3) is 0.643. The predicted molar refractivity (Wildman–Crippen MR) is 79.0 cm³/mol. The zero-order valence-corrected chi connectivity index (χ0v) is 12.4. The number of carbonyl (C=O) groups excluding carboxylic acids is 1. The lowest BCUT2D eigenvalue weighted by molar-refractivity contribution is -0.137. The third-order valence-corrected chi connectivity index (χ3v) is 4.53. The van der Waals surface area contributed by atoms with Crippen LogP contribution in [-0.4, -0.2) is 48.4 Å². The summed E-state index contributed by atoms with van der Waals surface area (Å²) in [6.45, 7) is 7.22. The van der Waals surface area contributed by atoms with E-state index in [0.29, 0.717) is 6.54 Å². The van der Waals surface area contributed by atoms with E-state index in [1.165, 1.54) is 4.88 Å². The maximum atomic E-state index is 12.2. The molecule has 0 saturated carbocycles. The Labute approximate surface area is 119 Å². The SMILES string of the molecule is CC(CCN)C(=O)N1CCN(Cc2cccs2)CC1. The Morgan fingerprint density at radius 2 is 2.16 bits per heavy atom. The molecular formula is C14H23N3OS. The second-order valence-corrected chi connectivity index (χ2v) is 6.19. The molecular weight excluding hydrogens is 258 g/mol. The van der Waals surface area contributed by atoms with Gasteiger partial charge in [0.2, 0.25) is 5.91 Å². The van der Waals surface area contributed by atoms with Gasteiger partial charge in [0.15, 0.2) is 0 Å². The van der Waals surface area contributed by atoms with Crippen LogP contribution in [0.25, 0.3) is 0 Å². The van der Waals surface area contributed by atoms with Crippen LogP contribution in [0.5, 0.6) is 0 Å². The largest absolute Gasteiger partial charge is 0.340 e. The molecule has 0 radical (unpaired) electrons. The summed E-state index contributed by atoms with van der Waals surface area (Å²) >= 11 is 1.80. The van der Waals surface area contributed by atoms with Gasteiger partial charge in [0.05, 0.1) is 0 Å². The second kappa shape index (κ2) is 7.03. The fourth-order valence-corrected chi connectivity index (χ4v) is 3.18. The molecule has 0 bridgehead atoms. The van der Waals surface area contributed by atoms with E-state index in [0.717, 1.165) is 39.1 Å². The monoisotopic (exact) mass is 281 g/mol. The van der Waals surface area contributed by atoms with Gasteiger partial charge < -0.3 is 10.6 Å². The summed E-state index contributed by atoms with van der Waals surface area (Å²) in [5.74, 6) is 0.329. The summed E-state index contributed by atoms with van der Waals surface area (Å²) in [5, 5.41) is 2.11. The second-order valence-electron chi connectivity index (χ2n) is 5.16. The molecule has 5 heteroatoms. The highest BCUT2D eigenvalue weighted by Crippen LogP contribution is 2.15. The Balaban J connectivity index is 1.77. The maximum absolute atomic E-state index is 12.2. The van der Waals surface area contributed by atoms with Gasteiger partial charge in [-0.25, -0.2) is 0 Å². The van der Waals surface area contributed by atoms with Crippen LogP contribution in [-0.2, 0) is 11.3 Å². The van der Waals surface area contributed by atoms with Gasteiger partial charge in [0.1, 0.15) is 0 Å². The zero-order valence-electron chi connectivity index (χ0n) is 11.5. The highest BCUT2D eigenvalue weighted by molar-refractivity contribution is 7.09. The third-order valence-electron chi connectivity index (χ3n) is 3.66. The van der Waals surface area contributed by atoms with Crippen molar-refractivity contribution in [3.05, 3.63) is 22.4 Å². The number of rotatable bonds is 5. The van der Waals surface area contributed by atoms with Crippen LogP contribution in [0.4, 0.5) is 0 Å². The van der Waals surface area contributed by atoms with Crippen molar-refractivity contribution in [3.8, 4) is 0 Å². The van der Waals surface area contributed by atoms with E-state index in [1.807, 2.05) is 11.8 Å². The standard InChI is InChI=1S/C14H23N3OS/c1-12(4-5-15)14(18)17-8-6-16(7-9-17)11-13-3-2-10-19-13/h2-3,10,12H,4-9,11,15H2,1H3. The highest BCUT2D eigenvalue weighted by Gasteiger charge is 2.24. The Bertz CT molecular complexity index is 385. The Kier molecular flexibility index (Phi) is 5.36. The summed E-state index contributed by atoms with van der Waals surface area (Å²) in [6, 6.07) is 4.26. The van der Waals surface area contributed by atoms with E-state index in [4.69, 9.17) is 5.73 Å². The summed E-state index contributed by atoms with van der Waals surface area (Å²) in [4.78, 5) is 18.0. The van der Waals surface area contributed by atoms with Gasteiger partial charge in [-0.2, -0.15) is 0 Å². The lowest BCUT2D eigenvalue weighted by Gasteiger charge is -2.35. The van der Waals surface area contributed by atoms with Gasteiger partial charge in [-0.15, -0.1) is 11.3 Å². The maximum Gasteiger partial charge on any atom is 0.225 e. The average molecular weight is 281 g/mol. The molecule has 1 saturated heterocycles. The molecule has 2 N–H and O–H groups in total. The van der Waals surface area contributed by atoms with Gasteiger partial charge in [-0.05, 0) is 24.4 Å². The van der Waals surface area contributed by atoms with Crippen LogP contribution in [0.2, 0.25) is 0 Å². The highest BCUT2D eigenvalue weighted by atomic mass is 32.1. The van der Waals surface area contributed by atoms with Crippen LogP contribution in [0.3, 0.4) is 0 Å². The van der Waals surface area contributed by atoms with Gasteiger partial charge in [-0.3, -0.25) is 9.69 Å². The van der Waals surface area contributed by atoms with Crippen molar-refractivity contribution in [2.45, 2.75) is 19.9 Å². The Morgan fingerprint density at radius 3 is 2.74 bits per heavy atom. The van der Waals surface area contributed by atoms with Crippen LogP contribution in [0, 0.1) is 5.92 Å². The van der Waals surface area contributed by atoms with Crippen LogP contribution >= 0.6 is 11.3 Å². The molecule has 2 heterocycles. The van der Waals surface area contributed by atoms with Crippen molar-refractivity contribution in [1.29, 1.82) is 0 Å². The molecule has 1 aliphatic heterocycles. The molecule has 1 aromatic heterocycles. The molecule has 0 aliphatic carbocycles.